The molecule has 0 aromatic heterocycles. The van der Waals surface area contributed by atoms with Crippen molar-refractivity contribution in [2.75, 3.05) is 23.3 Å². The van der Waals surface area contributed by atoms with Crippen LogP contribution in [0.25, 0.3) is 0 Å². The van der Waals surface area contributed by atoms with Crippen molar-refractivity contribution in [3.63, 3.8) is 0 Å². The molecule has 2 saturated heterocycles. The quantitative estimate of drug-likeness (QED) is 0.377. The third kappa shape index (κ3) is 6.94. The lowest BCUT2D eigenvalue weighted by molar-refractivity contribution is -0.125. The minimum Gasteiger partial charge on any atom is -0.444 e. The summed E-state index contributed by atoms with van der Waals surface area (Å²) in [5.41, 5.74) is -2.57. The molecule has 2 fully saturated rings. The maximum Gasteiger partial charge on any atom is 0.411 e. The van der Waals surface area contributed by atoms with Gasteiger partial charge in [-0.15, -0.1) is 23.5 Å². The second kappa shape index (κ2) is 13.5. The van der Waals surface area contributed by atoms with Gasteiger partial charge in [0.15, 0.2) is 34.7 Å². The van der Waals surface area contributed by atoms with Crippen LogP contribution < -0.4 is 0 Å². The summed E-state index contributed by atoms with van der Waals surface area (Å²) in [6, 6.07) is 4.22. The molecule has 2 amide bonds. The number of carbonyl (C=O) groups is 8. The highest BCUT2D eigenvalue weighted by atomic mass is 32.2. The third-order valence-corrected chi connectivity index (χ3v) is 12.7. The topological polar surface area (TPSA) is 196 Å². The normalized spacial score (nSPS) is 23.0. The van der Waals surface area contributed by atoms with E-state index in [1.807, 2.05) is 0 Å². The molecule has 14 nitrogen and oxygen atoms in total. The van der Waals surface area contributed by atoms with Gasteiger partial charge in [-0.2, -0.15) is 0 Å². The number of fused-ring (bicyclic) bond motifs is 2. The van der Waals surface area contributed by atoms with Gasteiger partial charge in [-0.1, -0.05) is 0 Å². The summed E-state index contributed by atoms with van der Waals surface area (Å²) in [4.78, 5) is 108. The van der Waals surface area contributed by atoms with E-state index in [4.69, 9.17) is 9.47 Å². The van der Waals surface area contributed by atoms with Crippen LogP contribution in [0.1, 0.15) is 83.0 Å². The Morgan fingerprint density at radius 1 is 0.604 bits per heavy atom. The van der Waals surface area contributed by atoms with Crippen molar-refractivity contribution >= 4 is 80.2 Å². The number of ketones is 6. The lowest BCUT2D eigenvalue weighted by atomic mass is 9.93. The van der Waals surface area contributed by atoms with Crippen LogP contribution in [0.3, 0.4) is 0 Å². The van der Waals surface area contributed by atoms with Crippen LogP contribution in [0.5, 0.6) is 0 Å². The molecule has 2 aliphatic heterocycles. The van der Waals surface area contributed by atoms with Crippen LogP contribution in [0.2, 0.25) is 0 Å². The first-order valence-corrected chi connectivity index (χ1v) is 20.3. The smallest absolute Gasteiger partial charge is 0.411 e. The highest BCUT2D eigenvalue weighted by Gasteiger charge is 2.51. The first-order valence-electron chi connectivity index (χ1n) is 16.5. The Bertz CT molecular complexity index is 1990. The minimum absolute atomic E-state index is 0.115. The van der Waals surface area contributed by atoms with Crippen molar-refractivity contribution < 1.29 is 56.2 Å². The lowest BCUT2D eigenvalue weighted by Crippen LogP contribution is -2.48. The van der Waals surface area contributed by atoms with Crippen molar-refractivity contribution in [3.05, 3.63) is 58.7 Å². The molecular formula is C36H36N2O12S3. The van der Waals surface area contributed by atoms with Gasteiger partial charge in [0.2, 0.25) is 9.84 Å². The van der Waals surface area contributed by atoms with Crippen molar-refractivity contribution in [2.24, 2.45) is 11.8 Å². The van der Waals surface area contributed by atoms with E-state index in [9.17, 15) is 46.8 Å². The minimum atomic E-state index is -4.49. The second-order valence-electron chi connectivity index (χ2n) is 15.0. The van der Waals surface area contributed by atoms with Crippen molar-refractivity contribution in [1.29, 1.82) is 0 Å². The molecule has 0 spiro atoms. The number of sulfone groups is 1. The molecule has 4 aliphatic rings. The van der Waals surface area contributed by atoms with Crippen molar-refractivity contribution in [1.82, 2.24) is 9.80 Å². The van der Waals surface area contributed by atoms with Crippen molar-refractivity contribution in [3.8, 4) is 0 Å². The number of hydrogen-bond donors (Lipinski definition) is 0. The van der Waals surface area contributed by atoms with E-state index in [1.54, 1.807) is 41.5 Å². The summed E-state index contributed by atoms with van der Waals surface area (Å²) in [6.07, 6.45) is -1.54. The average molecular weight is 785 g/mol. The number of nitrogens with zero attached hydrogens (tertiary/aromatic N) is 2. The number of thioether (sulfide) groups is 2. The molecule has 2 aromatic rings. The maximum absolute atomic E-state index is 13.9. The van der Waals surface area contributed by atoms with Crippen molar-refractivity contribution in [2.45, 2.75) is 74.6 Å². The molecule has 0 radical (unpaired) electrons. The molecule has 6 rings (SSSR count). The number of rotatable bonds is 6. The first-order chi connectivity index (χ1) is 24.6. The molecule has 0 bridgehead atoms. The van der Waals surface area contributed by atoms with Gasteiger partial charge in [0, 0.05) is 33.8 Å². The molecule has 2 aliphatic carbocycles. The molecule has 4 atom stereocenters. The van der Waals surface area contributed by atoms with Gasteiger partial charge in [-0.25, -0.2) is 18.0 Å². The zero-order valence-corrected chi connectivity index (χ0v) is 32.1. The molecule has 17 heteroatoms. The van der Waals surface area contributed by atoms with Gasteiger partial charge >= 0.3 is 12.2 Å². The SMILES string of the molecule is CC(C)(C)OC(=O)N1CSC[C@@H]1C(=O)C1C(=O)c2ccc(S(=O)(=O)c3ccc4c(c3)C(=O)C(C(=O)[C@H]3CSCN3C(=O)OC(C)(C)C)C4=O)cc2C1=O. The van der Waals surface area contributed by atoms with Gasteiger partial charge in [-0.05, 0) is 77.9 Å². The number of hydrogen-bond acceptors (Lipinski definition) is 14. The molecule has 2 heterocycles. The summed E-state index contributed by atoms with van der Waals surface area (Å²) in [6.45, 7) is 9.96. The highest BCUT2D eigenvalue weighted by Crippen LogP contribution is 2.37. The molecule has 53 heavy (non-hydrogen) atoms. The zero-order valence-electron chi connectivity index (χ0n) is 29.6. The molecule has 0 saturated carbocycles. The summed E-state index contributed by atoms with van der Waals surface area (Å²) >= 11 is 2.52. The molecule has 0 N–H and O–H groups in total. The fourth-order valence-electron chi connectivity index (χ4n) is 6.47. The van der Waals surface area contributed by atoms with Crippen LogP contribution in [0.15, 0.2) is 46.2 Å². The predicted octanol–water partition coefficient (Wildman–Crippen LogP) is 4.27. The molecule has 280 valence electrons. The Morgan fingerprint density at radius 2 is 0.943 bits per heavy atom. The Hall–Kier alpha value is -4.35. The maximum atomic E-state index is 13.9. The van der Waals surface area contributed by atoms with E-state index in [-0.39, 0.29) is 45.5 Å². The monoisotopic (exact) mass is 784 g/mol. The molecule has 2 unspecified atom stereocenters. The van der Waals surface area contributed by atoms with E-state index in [2.05, 4.69) is 0 Å². The molecule has 2 aromatic carbocycles. The van der Waals surface area contributed by atoms with Crippen LogP contribution in [0.4, 0.5) is 9.59 Å². The number of ether oxygens (including phenoxy) is 2. The summed E-state index contributed by atoms with van der Waals surface area (Å²) < 4.78 is 38.5. The van der Waals surface area contributed by atoms with Gasteiger partial charge in [0.25, 0.3) is 0 Å². The van der Waals surface area contributed by atoms with Gasteiger partial charge in [-0.3, -0.25) is 38.6 Å². The largest absolute Gasteiger partial charge is 0.444 e. The van der Waals surface area contributed by atoms with Crippen LogP contribution in [-0.2, 0) is 28.9 Å². The Labute approximate surface area is 313 Å². The third-order valence-electron chi connectivity index (χ3n) is 8.96. The Morgan fingerprint density at radius 3 is 1.28 bits per heavy atom. The van der Waals surface area contributed by atoms with Gasteiger partial charge < -0.3 is 9.47 Å². The summed E-state index contributed by atoms with van der Waals surface area (Å²) in [5, 5.41) is 0. The molecular weight excluding hydrogens is 749 g/mol. The van der Waals surface area contributed by atoms with Crippen LogP contribution in [0, 0.1) is 11.8 Å². The zero-order chi connectivity index (χ0) is 38.9. The summed E-state index contributed by atoms with van der Waals surface area (Å²) in [7, 11) is -4.49. The first kappa shape index (κ1) is 38.4. The number of carbonyl (C=O) groups excluding carboxylic acids is 8. The highest BCUT2D eigenvalue weighted by molar-refractivity contribution is 7.99. The van der Waals surface area contributed by atoms with Crippen LogP contribution in [-0.4, -0.2) is 112 Å². The standard InChI is InChI=1S/C36H36N2O12S3/c1-35(2,3)49-33(45)37-15-51-13-23(37)31(43)25-27(39)19-9-7-17(11-21(19)29(25)41)53(47,48)18-8-10-20-22(12-18)30(42)26(28(20)40)32(44)24-14-52-16-38(24)34(46)50-36(4,5)6/h7-12,23-26H,13-16H2,1-6H3/t23-,24-,25?,26?/m1/s1. The average Bonchev–Trinajstić information content (AvgIpc) is 3.85. The van der Waals surface area contributed by atoms with E-state index in [0.717, 1.165) is 36.4 Å². The fourth-order valence-corrected chi connectivity index (χ4v) is 10.1. The van der Waals surface area contributed by atoms with Crippen LogP contribution >= 0.6 is 23.5 Å². The Balaban J connectivity index is 1.23. The second-order valence-corrected chi connectivity index (χ2v) is 18.9. The lowest BCUT2D eigenvalue weighted by Gasteiger charge is -2.28. The van der Waals surface area contributed by atoms with Gasteiger partial charge in [0.05, 0.1) is 21.5 Å². The Kier molecular flexibility index (Phi) is 9.77. The number of amides is 2. The van der Waals surface area contributed by atoms with E-state index in [1.165, 1.54) is 33.3 Å². The van der Waals surface area contributed by atoms with E-state index in [0.29, 0.717) is 0 Å². The van der Waals surface area contributed by atoms with E-state index >= 15 is 0 Å². The van der Waals surface area contributed by atoms with E-state index < -0.39 is 102 Å². The summed E-state index contributed by atoms with van der Waals surface area (Å²) in [5.74, 6) is -8.10. The predicted molar refractivity (Wildman–Crippen MR) is 191 cm³/mol. The van der Waals surface area contributed by atoms with Gasteiger partial charge in [0.1, 0.15) is 35.1 Å². The number of benzene rings is 2. The fraction of sp³-hybridized carbons (Fsp3) is 0.444. The number of Topliss-reactive ketones (excluding diaryl/α,β-unsaturated/α-hetero) is 6.